The fourth-order valence-electron chi connectivity index (χ4n) is 3.96. The number of benzene rings is 1. The highest BCUT2D eigenvalue weighted by molar-refractivity contribution is 7.22. The molecule has 1 amide bonds. The third-order valence-corrected chi connectivity index (χ3v) is 7.03. The zero-order valence-corrected chi connectivity index (χ0v) is 19.5. The van der Waals surface area contributed by atoms with Crippen molar-refractivity contribution in [1.82, 2.24) is 15.2 Å². The van der Waals surface area contributed by atoms with E-state index >= 15 is 0 Å². The molecule has 0 bridgehead atoms. The highest BCUT2D eigenvalue weighted by Crippen LogP contribution is 2.33. The second-order valence-electron chi connectivity index (χ2n) is 8.02. The van der Waals surface area contributed by atoms with Crippen molar-refractivity contribution in [3.63, 3.8) is 0 Å². The molecule has 0 aliphatic carbocycles. The van der Waals surface area contributed by atoms with Crippen molar-refractivity contribution in [2.24, 2.45) is 5.92 Å². The van der Waals surface area contributed by atoms with Crippen molar-refractivity contribution in [2.75, 3.05) is 51.3 Å². The van der Waals surface area contributed by atoms with Crippen molar-refractivity contribution in [1.29, 1.82) is 0 Å². The van der Waals surface area contributed by atoms with Gasteiger partial charge in [0.2, 0.25) is 5.91 Å². The Morgan fingerprint density at radius 2 is 2.03 bits per heavy atom. The second-order valence-corrected chi connectivity index (χ2v) is 9.03. The number of nitrogens with zero attached hydrogens (tertiary/aromatic N) is 3. The molecule has 166 valence electrons. The van der Waals surface area contributed by atoms with Gasteiger partial charge in [0.1, 0.15) is 5.75 Å². The topological polar surface area (TPSA) is 57.7 Å². The molecule has 1 saturated heterocycles. The molecule has 1 aliphatic rings. The highest BCUT2D eigenvalue weighted by atomic mass is 32.1. The molecule has 2 aromatic rings. The van der Waals surface area contributed by atoms with E-state index in [4.69, 9.17) is 9.72 Å². The number of thiazole rings is 1. The number of aromatic nitrogens is 1. The molecule has 0 unspecified atom stereocenters. The van der Waals surface area contributed by atoms with Crippen molar-refractivity contribution in [2.45, 2.75) is 46.0 Å². The van der Waals surface area contributed by atoms with Gasteiger partial charge >= 0.3 is 0 Å². The molecule has 1 aromatic carbocycles. The number of hydrogen-bond donors (Lipinski definition) is 1. The number of ether oxygens (including phenoxy) is 1. The molecule has 1 aliphatic heterocycles. The highest BCUT2D eigenvalue weighted by Gasteiger charge is 2.26. The lowest BCUT2D eigenvalue weighted by Gasteiger charge is -2.31. The van der Waals surface area contributed by atoms with E-state index in [1.165, 1.54) is 12.8 Å². The summed E-state index contributed by atoms with van der Waals surface area (Å²) >= 11 is 1.70. The van der Waals surface area contributed by atoms with E-state index in [1.807, 2.05) is 18.2 Å². The molecule has 0 saturated carbocycles. The molecule has 2 heterocycles. The Kier molecular flexibility index (Phi) is 8.75. The monoisotopic (exact) mass is 432 g/mol. The number of unbranched alkanes of at least 4 members (excludes halogenated alkanes) is 1. The summed E-state index contributed by atoms with van der Waals surface area (Å²) in [5.74, 6) is 1.21. The maximum Gasteiger partial charge on any atom is 0.223 e. The molecule has 1 aromatic heterocycles. The van der Waals surface area contributed by atoms with Crippen LogP contribution in [-0.4, -0.2) is 62.2 Å². The van der Waals surface area contributed by atoms with Crippen LogP contribution in [-0.2, 0) is 4.79 Å². The number of hydrogen-bond acceptors (Lipinski definition) is 6. The summed E-state index contributed by atoms with van der Waals surface area (Å²) in [4.78, 5) is 22.1. The van der Waals surface area contributed by atoms with Crippen molar-refractivity contribution in [3.8, 4) is 5.75 Å². The van der Waals surface area contributed by atoms with Gasteiger partial charge in [-0.05, 0) is 63.5 Å². The van der Waals surface area contributed by atoms with Gasteiger partial charge in [0.05, 0.1) is 17.3 Å². The molecule has 0 radical (unpaired) electrons. The van der Waals surface area contributed by atoms with Crippen LogP contribution in [0.1, 0.15) is 46.0 Å². The van der Waals surface area contributed by atoms with Crippen LogP contribution in [0, 0.1) is 5.92 Å². The summed E-state index contributed by atoms with van der Waals surface area (Å²) in [6.45, 7) is 10.3. The van der Waals surface area contributed by atoms with Gasteiger partial charge in [0.25, 0.3) is 0 Å². The predicted octanol–water partition coefficient (Wildman–Crippen LogP) is 4.15. The standard InChI is InChI=1S/C23H36N4O2S/c1-4-6-13-26(5-2)14-7-12-24-22(28)18-10-15-27(16-11-18)23-25-20-9-8-19(29-3)17-21(20)30-23/h8-9,17-18H,4-7,10-16H2,1-3H3,(H,24,28). The van der Waals surface area contributed by atoms with Crippen LogP contribution >= 0.6 is 11.3 Å². The molecular formula is C23H36N4O2S. The number of methoxy groups -OCH3 is 1. The largest absolute Gasteiger partial charge is 0.497 e. The van der Waals surface area contributed by atoms with E-state index in [2.05, 4.69) is 29.0 Å². The van der Waals surface area contributed by atoms with Gasteiger partial charge in [0.15, 0.2) is 5.13 Å². The number of fused-ring (bicyclic) bond motifs is 1. The van der Waals surface area contributed by atoms with E-state index in [1.54, 1.807) is 18.4 Å². The Bertz CT molecular complexity index is 802. The lowest BCUT2D eigenvalue weighted by molar-refractivity contribution is -0.125. The van der Waals surface area contributed by atoms with Crippen LogP contribution < -0.4 is 15.0 Å². The molecule has 3 rings (SSSR count). The summed E-state index contributed by atoms with van der Waals surface area (Å²) in [6, 6.07) is 6.00. The van der Waals surface area contributed by atoms with Crippen LogP contribution in [0.25, 0.3) is 10.2 Å². The lowest BCUT2D eigenvalue weighted by atomic mass is 9.96. The molecule has 6 nitrogen and oxygen atoms in total. The van der Waals surface area contributed by atoms with Gasteiger partial charge < -0.3 is 19.9 Å². The van der Waals surface area contributed by atoms with Crippen LogP contribution in [0.3, 0.4) is 0 Å². The summed E-state index contributed by atoms with van der Waals surface area (Å²) in [5, 5.41) is 4.21. The van der Waals surface area contributed by atoms with Gasteiger partial charge in [-0.2, -0.15) is 0 Å². The fraction of sp³-hybridized carbons (Fsp3) is 0.652. The van der Waals surface area contributed by atoms with Crippen LogP contribution in [0.5, 0.6) is 5.75 Å². The van der Waals surface area contributed by atoms with Crippen LogP contribution in [0.2, 0.25) is 0 Å². The van der Waals surface area contributed by atoms with Crippen molar-refractivity contribution < 1.29 is 9.53 Å². The number of amides is 1. The average molecular weight is 433 g/mol. The molecule has 0 spiro atoms. The smallest absolute Gasteiger partial charge is 0.223 e. The quantitative estimate of drug-likeness (QED) is 0.541. The van der Waals surface area contributed by atoms with Crippen molar-refractivity contribution >= 4 is 32.6 Å². The Hall–Kier alpha value is -1.86. The van der Waals surface area contributed by atoms with Crippen LogP contribution in [0.15, 0.2) is 18.2 Å². The Morgan fingerprint density at radius 1 is 1.27 bits per heavy atom. The third kappa shape index (κ3) is 6.08. The SMILES string of the molecule is CCCCN(CC)CCCNC(=O)C1CCN(c2nc3ccc(OC)cc3s2)CC1. The minimum atomic E-state index is 0.123. The number of carbonyl (C=O) groups is 1. The molecule has 7 heteroatoms. The first kappa shape index (κ1) is 22.8. The maximum atomic E-state index is 12.6. The van der Waals surface area contributed by atoms with Gasteiger partial charge in [-0.25, -0.2) is 4.98 Å². The minimum Gasteiger partial charge on any atom is -0.497 e. The van der Waals surface area contributed by atoms with E-state index in [0.29, 0.717) is 0 Å². The Morgan fingerprint density at radius 3 is 2.73 bits per heavy atom. The maximum absolute atomic E-state index is 12.6. The Labute approximate surface area is 184 Å². The van der Waals surface area contributed by atoms with Gasteiger partial charge in [-0.1, -0.05) is 31.6 Å². The minimum absolute atomic E-state index is 0.123. The van der Waals surface area contributed by atoms with E-state index in [-0.39, 0.29) is 11.8 Å². The molecule has 1 fully saturated rings. The summed E-state index contributed by atoms with van der Waals surface area (Å²) in [7, 11) is 1.69. The predicted molar refractivity (Wildman–Crippen MR) is 126 cm³/mol. The first-order valence-electron chi connectivity index (χ1n) is 11.3. The first-order valence-corrected chi connectivity index (χ1v) is 12.2. The van der Waals surface area contributed by atoms with E-state index < -0.39 is 0 Å². The number of piperidine rings is 1. The number of rotatable bonds is 11. The van der Waals surface area contributed by atoms with Gasteiger partial charge in [0, 0.05) is 25.6 Å². The fourth-order valence-corrected chi connectivity index (χ4v) is 5.00. The lowest BCUT2D eigenvalue weighted by Crippen LogP contribution is -2.41. The van der Waals surface area contributed by atoms with Crippen molar-refractivity contribution in [3.05, 3.63) is 18.2 Å². The first-order chi connectivity index (χ1) is 14.6. The number of carbonyl (C=O) groups excluding carboxylic acids is 1. The number of nitrogens with one attached hydrogen (secondary N) is 1. The van der Waals surface area contributed by atoms with E-state index in [0.717, 1.165) is 79.6 Å². The molecule has 0 atom stereocenters. The number of anilines is 1. The Balaban J connectivity index is 1.41. The summed E-state index contributed by atoms with van der Waals surface area (Å²) in [5.41, 5.74) is 1.01. The zero-order valence-electron chi connectivity index (χ0n) is 18.7. The van der Waals surface area contributed by atoms with E-state index in [9.17, 15) is 4.79 Å². The molecule has 30 heavy (non-hydrogen) atoms. The zero-order chi connectivity index (χ0) is 21.3. The van der Waals surface area contributed by atoms with Gasteiger partial charge in [-0.3, -0.25) is 4.79 Å². The molecular weight excluding hydrogens is 396 g/mol. The summed E-state index contributed by atoms with van der Waals surface area (Å²) < 4.78 is 6.46. The summed E-state index contributed by atoms with van der Waals surface area (Å²) in [6.07, 6.45) is 5.29. The van der Waals surface area contributed by atoms with Gasteiger partial charge in [-0.15, -0.1) is 0 Å². The average Bonchev–Trinajstić information content (AvgIpc) is 3.21. The third-order valence-electron chi connectivity index (χ3n) is 5.95. The normalized spacial score (nSPS) is 15.1. The van der Waals surface area contributed by atoms with Crippen LogP contribution in [0.4, 0.5) is 5.13 Å². The second kappa shape index (κ2) is 11.5. The molecule has 1 N–H and O–H groups in total.